The molecular formula is C14H18ClNO3. The number of hydrogen-bond donors (Lipinski definition) is 2. The van der Waals surface area contributed by atoms with Crippen molar-refractivity contribution in [3.8, 4) is 5.75 Å². The summed E-state index contributed by atoms with van der Waals surface area (Å²) in [6, 6.07) is 1.91. The Kier molecular flexibility index (Phi) is 4.02. The van der Waals surface area contributed by atoms with Crippen LogP contribution in [0.15, 0.2) is 6.07 Å². The van der Waals surface area contributed by atoms with Crippen molar-refractivity contribution in [2.45, 2.75) is 26.3 Å². The normalized spacial score (nSPS) is 22.5. The van der Waals surface area contributed by atoms with Gasteiger partial charge < -0.3 is 15.2 Å². The number of rotatable bonds is 3. The van der Waals surface area contributed by atoms with Crippen LogP contribution in [0.3, 0.4) is 0 Å². The van der Waals surface area contributed by atoms with Crippen LogP contribution in [-0.2, 0) is 4.79 Å². The molecule has 0 saturated carbocycles. The molecule has 19 heavy (non-hydrogen) atoms. The van der Waals surface area contributed by atoms with Crippen molar-refractivity contribution in [1.29, 1.82) is 0 Å². The molecule has 1 heterocycles. The standard InChI is InChI=1S/C14H18ClNO3/c1-7-4-10(15)8(2)13(19-3)12(7)11-5-9(6-16-11)14(17)18/h4,9,11,16H,5-6H2,1-3H3,(H,17,18). The first-order chi connectivity index (χ1) is 8.95. The second-order valence-electron chi connectivity index (χ2n) is 4.98. The van der Waals surface area contributed by atoms with Crippen LogP contribution in [0.1, 0.15) is 29.2 Å². The Labute approximate surface area is 117 Å². The average molecular weight is 284 g/mol. The summed E-state index contributed by atoms with van der Waals surface area (Å²) in [7, 11) is 1.62. The summed E-state index contributed by atoms with van der Waals surface area (Å²) in [6.07, 6.45) is 0.577. The van der Waals surface area contributed by atoms with Gasteiger partial charge in [0.2, 0.25) is 0 Å². The highest BCUT2D eigenvalue weighted by Crippen LogP contribution is 2.40. The molecule has 1 fully saturated rings. The number of benzene rings is 1. The van der Waals surface area contributed by atoms with Crippen LogP contribution in [0.25, 0.3) is 0 Å². The fraction of sp³-hybridized carbons (Fsp3) is 0.500. The molecule has 2 N–H and O–H groups in total. The number of aliphatic carboxylic acids is 1. The molecule has 0 radical (unpaired) electrons. The van der Waals surface area contributed by atoms with Gasteiger partial charge in [-0.2, -0.15) is 0 Å². The number of halogens is 1. The maximum absolute atomic E-state index is 11.0. The smallest absolute Gasteiger partial charge is 0.307 e. The lowest BCUT2D eigenvalue weighted by molar-refractivity contribution is -0.141. The largest absolute Gasteiger partial charge is 0.496 e. The van der Waals surface area contributed by atoms with E-state index in [1.165, 1.54) is 0 Å². The van der Waals surface area contributed by atoms with Crippen molar-refractivity contribution in [3.63, 3.8) is 0 Å². The molecule has 0 bridgehead atoms. The van der Waals surface area contributed by atoms with Gasteiger partial charge >= 0.3 is 5.97 Å². The van der Waals surface area contributed by atoms with Crippen LogP contribution in [0.5, 0.6) is 5.75 Å². The van der Waals surface area contributed by atoms with Crippen LogP contribution in [-0.4, -0.2) is 24.7 Å². The lowest BCUT2D eigenvalue weighted by Crippen LogP contribution is -2.18. The van der Waals surface area contributed by atoms with Gasteiger partial charge in [0.1, 0.15) is 5.75 Å². The van der Waals surface area contributed by atoms with E-state index in [0.717, 1.165) is 22.4 Å². The third-order valence-corrected chi connectivity index (χ3v) is 4.14. The summed E-state index contributed by atoms with van der Waals surface area (Å²) in [4.78, 5) is 11.0. The number of ether oxygens (including phenoxy) is 1. The second kappa shape index (κ2) is 5.39. The van der Waals surface area contributed by atoms with Crippen molar-refractivity contribution in [1.82, 2.24) is 5.32 Å². The summed E-state index contributed by atoms with van der Waals surface area (Å²) < 4.78 is 5.47. The van der Waals surface area contributed by atoms with E-state index in [9.17, 15) is 4.79 Å². The molecular weight excluding hydrogens is 266 g/mol. The molecule has 1 aromatic carbocycles. The summed E-state index contributed by atoms with van der Waals surface area (Å²) in [5.41, 5.74) is 2.94. The highest BCUT2D eigenvalue weighted by Gasteiger charge is 2.33. The van der Waals surface area contributed by atoms with Crippen LogP contribution in [0.2, 0.25) is 5.02 Å². The summed E-state index contributed by atoms with van der Waals surface area (Å²) in [5, 5.41) is 13.0. The molecule has 4 nitrogen and oxygen atoms in total. The third-order valence-electron chi connectivity index (χ3n) is 3.74. The van der Waals surface area contributed by atoms with E-state index in [4.69, 9.17) is 21.4 Å². The van der Waals surface area contributed by atoms with Crippen molar-refractivity contribution in [2.24, 2.45) is 5.92 Å². The van der Waals surface area contributed by atoms with Crippen LogP contribution >= 0.6 is 11.6 Å². The number of aryl methyl sites for hydroxylation is 1. The zero-order chi connectivity index (χ0) is 14.2. The SMILES string of the molecule is COc1c(C)c(Cl)cc(C)c1C1CC(C(=O)O)CN1. The molecule has 104 valence electrons. The molecule has 2 rings (SSSR count). The number of carboxylic acid groups (broad SMARTS) is 1. The maximum atomic E-state index is 11.0. The van der Waals surface area contributed by atoms with Gasteiger partial charge in [-0.3, -0.25) is 4.79 Å². The number of hydrogen-bond acceptors (Lipinski definition) is 3. The summed E-state index contributed by atoms with van der Waals surface area (Å²) in [6.45, 7) is 4.37. The molecule has 1 aliphatic rings. The number of carbonyl (C=O) groups is 1. The van der Waals surface area contributed by atoms with E-state index in [1.54, 1.807) is 7.11 Å². The predicted molar refractivity (Wildman–Crippen MR) is 74.0 cm³/mol. The first-order valence-electron chi connectivity index (χ1n) is 6.25. The quantitative estimate of drug-likeness (QED) is 0.895. The molecule has 0 aromatic heterocycles. The van der Waals surface area contributed by atoms with E-state index in [1.807, 2.05) is 19.9 Å². The minimum absolute atomic E-state index is 0.00650. The lowest BCUT2D eigenvalue weighted by Gasteiger charge is -2.20. The van der Waals surface area contributed by atoms with Gasteiger partial charge in [-0.15, -0.1) is 0 Å². The topological polar surface area (TPSA) is 58.6 Å². The Balaban J connectivity index is 2.40. The van der Waals surface area contributed by atoms with E-state index in [2.05, 4.69) is 5.32 Å². The van der Waals surface area contributed by atoms with Crippen LogP contribution < -0.4 is 10.1 Å². The molecule has 0 spiro atoms. The van der Waals surface area contributed by atoms with Gasteiger partial charge in [-0.1, -0.05) is 11.6 Å². The van der Waals surface area contributed by atoms with Crippen LogP contribution in [0, 0.1) is 19.8 Å². The van der Waals surface area contributed by atoms with Gasteiger partial charge in [0.25, 0.3) is 0 Å². The monoisotopic (exact) mass is 283 g/mol. The van der Waals surface area contributed by atoms with Gasteiger partial charge in [0.15, 0.2) is 0 Å². The minimum Gasteiger partial charge on any atom is -0.496 e. The molecule has 0 amide bonds. The fourth-order valence-electron chi connectivity index (χ4n) is 2.71. The van der Waals surface area contributed by atoms with Crippen molar-refractivity contribution < 1.29 is 14.6 Å². The highest BCUT2D eigenvalue weighted by molar-refractivity contribution is 6.31. The van der Waals surface area contributed by atoms with Gasteiger partial charge in [-0.05, 0) is 31.9 Å². The van der Waals surface area contributed by atoms with E-state index < -0.39 is 5.97 Å². The first kappa shape index (κ1) is 14.2. The molecule has 2 unspecified atom stereocenters. The lowest BCUT2D eigenvalue weighted by atomic mass is 9.94. The van der Waals surface area contributed by atoms with Crippen LogP contribution in [0.4, 0.5) is 0 Å². The minimum atomic E-state index is -0.752. The Morgan fingerprint density at radius 1 is 1.53 bits per heavy atom. The number of methoxy groups -OCH3 is 1. The Hall–Kier alpha value is -1.26. The zero-order valence-electron chi connectivity index (χ0n) is 11.3. The molecule has 1 saturated heterocycles. The zero-order valence-corrected chi connectivity index (χ0v) is 12.0. The maximum Gasteiger partial charge on any atom is 0.307 e. The highest BCUT2D eigenvalue weighted by atomic mass is 35.5. The van der Waals surface area contributed by atoms with Gasteiger partial charge in [-0.25, -0.2) is 0 Å². The number of carboxylic acids is 1. The van der Waals surface area contributed by atoms with Crippen molar-refractivity contribution >= 4 is 17.6 Å². The second-order valence-corrected chi connectivity index (χ2v) is 5.39. The Morgan fingerprint density at radius 2 is 2.21 bits per heavy atom. The molecule has 1 aromatic rings. The third kappa shape index (κ3) is 2.55. The average Bonchev–Trinajstić information content (AvgIpc) is 2.82. The molecule has 1 aliphatic heterocycles. The fourth-order valence-corrected chi connectivity index (χ4v) is 2.95. The van der Waals surface area contributed by atoms with Gasteiger partial charge in [0.05, 0.1) is 13.0 Å². The van der Waals surface area contributed by atoms with E-state index in [0.29, 0.717) is 18.0 Å². The van der Waals surface area contributed by atoms with E-state index in [-0.39, 0.29) is 12.0 Å². The summed E-state index contributed by atoms with van der Waals surface area (Å²) in [5.74, 6) is -0.337. The van der Waals surface area contributed by atoms with Gasteiger partial charge in [0, 0.05) is 28.7 Å². The van der Waals surface area contributed by atoms with Crippen molar-refractivity contribution in [2.75, 3.05) is 13.7 Å². The van der Waals surface area contributed by atoms with E-state index >= 15 is 0 Å². The summed E-state index contributed by atoms with van der Waals surface area (Å²) >= 11 is 6.16. The molecule has 2 atom stereocenters. The predicted octanol–water partition coefficient (Wildman–Crippen LogP) is 2.70. The first-order valence-corrected chi connectivity index (χ1v) is 6.63. The number of nitrogens with one attached hydrogen (secondary N) is 1. The Bertz CT molecular complexity index is 516. The Morgan fingerprint density at radius 3 is 2.74 bits per heavy atom. The van der Waals surface area contributed by atoms with Crippen molar-refractivity contribution in [3.05, 3.63) is 27.8 Å². The molecule has 5 heteroatoms. The molecule has 0 aliphatic carbocycles.